The molecule has 2 rings (SSSR count). The number of aromatic amines is 1. The monoisotopic (exact) mass is 280 g/mol. The van der Waals surface area contributed by atoms with Crippen molar-refractivity contribution < 1.29 is 0 Å². The molecule has 0 bridgehead atoms. The first kappa shape index (κ1) is 11.7. The summed E-state index contributed by atoms with van der Waals surface area (Å²) >= 11 is 3.58. The van der Waals surface area contributed by atoms with Crippen LogP contribution in [-0.2, 0) is 13.0 Å². The molecule has 0 aliphatic rings. The second-order valence-corrected chi connectivity index (χ2v) is 5.31. The van der Waals surface area contributed by atoms with E-state index in [9.17, 15) is 0 Å². The molecule has 1 aromatic heterocycles. The lowest BCUT2D eigenvalue weighted by Crippen LogP contribution is -2.10. The Hall–Kier alpha value is -0.800. The second kappa shape index (κ2) is 4.60. The summed E-state index contributed by atoms with van der Waals surface area (Å²) in [7, 11) is 4.19. The van der Waals surface area contributed by atoms with Gasteiger partial charge in [0.25, 0.3) is 0 Å². The average molecular weight is 281 g/mol. The summed E-state index contributed by atoms with van der Waals surface area (Å²) in [5.74, 6) is 0. The smallest absolute Gasteiger partial charge is 0.0490 e. The van der Waals surface area contributed by atoms with E-state index in [1.165, 1.54) is 22.0 Å². The number of H-pyrrole nitrogens is 1. The molecule has 86 valence electrons. The van der Waals surface area contributed by atoms with E-state index in [4.69, 9.17) is 0 Å². The Labute approximate surface area is 105 Å². The van der Waals surface area contributed by atoms with Crippen molar-refractivity contribution in [2.24, 2.45) is 0 Å². The van der Waals surface area contributed by atoms with Crippen LogP contribution in [0.4, 0.5) is 0 Å². The molecule has 0 saturated heterocycles. The number of hydrogen-bond acceptors (Lipinski definition) is 1. The number of rotatable bonds is 3. The van der Waals surface area contributed by atoms with Crippen LogP contribution in [0.2, 0.25) is 0 Å². The van der Waals surface area contributed by atoms with Crippen LogP contribution in [-0.4, -0.2) is 24.0 Å². The van der Waals surface area contributed by atoms with Crippen molar-refractivity contribution in [2.75, 3.05) is 14.1 Å². The Bertz CT molecular complexity index is 500. The zero-order valence-corrected chi connectivity index (χ0v) is 11.6. The summed E-state index contributed by atoms with van der Waals surface area (Å²) in [5, 5.41) is 1.33. The number of fused-ring (bicyclic) bond motifs is 1. The Morgan fingerprint density at radius 3 is 2.62 bits per heavy atom. The van der Waals surface area contributed by atoms with Gasteiger partial charge in [-0.05, 0) is 43.8 Å². The molecule has 0 spiro atoms. The van der Waals surface area contributed by atoms with Gasteiger partial charge in [-0.3, -0.25) is 0 Å². The van der Waals surface area contributed by atoms with Gasteiger partial charge in [-0.15, -0.1) is 0 Å². The second-order valence-electron chi connectivity index (χ2n) is 4.39. The molecule has 0 radical (unpaired) electrons. The molecule has 0 amide bonds. The van der Waals surface area contributed by atoms with Gasteiger partial charge < -0.3 is 9.88 Å². The van der Waals surface area contributed by atoms with Gasteiger partial charge in [0.1, 0.15) is 0 Å². The lowest BCUT2D eigenvalue weighted by atomic mass is 10.1. The number of halogens is 1. The lowest BCUT2D eigenvalue weighted by Gasteiger charge is -2.08. The first-order valence-electron chi connectivity index (χ1n) is 5.55. The summed E-state index contributed by atoms with van der Waals surface area (Å²) in [6.45, 7) is 3.16. The van der Waals surface area contributed by atoms with Gasteiger partial charge in [0, 0.05) is 28.1 Å². The highest BCUT2D eigenvalue weighted by Gasteiger charge is 2.08. The van der Waals surface area contributed by atoms with E-state index in [1.54, 1.807) is 0 Å². The fourth-order valence-electron chi connectivity index (χ4n) is 2.07. The zero-order chi connectivity index (χ0) is 11.7. The maximum atomic E-state index is 3.58. The first-order valence-corrected chi connectivity index (χ1v) is 6.34. The highest BCUT2D eigenvalue weighted by atomic mass is 79.9. The molecule has 0 saturated carbocycles. The molecule has 0 aliphatic heterocycles. The van der Waals surface area contributed by atoms with Gasteiger partial charge in [0.2, 0.25) is 0 Å². The molecule has 3 heteroatoms. The molecule has 16 heavy (non-hydrogen) atoms. The largest absolute Gasteiger partial charge is 0.361 e. The van der Waals surface area contributed by atoms with Crippen LogP contribution in [0.1, 0.15) is 18.1 Å². The maximum absolute atomic E-state index is 3.58. The Morgan fingerprint density at radius 2 is 2.00 bits per heavy atom. The third-order valence-electron chi connectivity index (χ3n) is 2.79. The molecule has 2 nitrogen and oxygen atoms in total. The van der Waals surface area contributed by atoms with E-state index in [0.29, 0.717) is 0 Å². The van der Waals surface area contributed by atoms with Crippen molar-refractivity contribution in [3.63, 3.8) is 0 Å². The third-order valence-corrected chi connectivity index (χ3v) is 3.25. The van der Waals surface area contributed by atoms with Crippen molar-refractivity contribution in [3.05, 3.63) is 33.9 Å². The van der Waals surface area contributed by atoms with Gasteiger partial charge in [-0.2, -0.15) is 0 Å². The topological polar surface area (TPSA) is 19.0 Å². The van der Waals surface area contributed by atoms with E-state index in [1.807, 2.05) is 0 Å². The molecular formula is C13H17BrN2. The molecule has 0 atom stereocenters. The van der Waals surface area contributed by atoms with Crippen molar-refractivity contribution in [3.8, 4) is 0 Å². The number of hydrogen-bond donors (Lipinski definition) is 1. The van der Waals surface area contributed by atoms with E-state index < -0.39 is 0 Å². The number of nitrogens with one attached hydrogen (secondary N) is 1. The SMILES string of the molecule is CCc1cc(Br)cc2c(CN(C)C)c[nH]c12. The Kier molecular flexibility index (Phi) is 3.36. The van der Waals surface area contributed by atoms with Gasteiger partial charge in [0.15, 0.2) is 0 Å². The molecule has 0 aliphatic carbocycles. The minimum Gasteiger partial charge on any atom is -0.361 e. The predicted octanol–water partition coefficient (Wildman–Crippen LogP) is 3.55. The number of benzene rings is 1. The number of nitrogens with zero attached hydrogens (tertiary/aromatic N) is 1. The van der Waals surface area contributed by atoms with Crippen LogP contribution >= 0.6 is 15.9 Å². The molecule has 1 heterocycles. The Morgan fingerprint density at radius 1 is 1.25 bits per heavy atom. The summed E-state index contributed by atoms with van der Waals surface area (Å²) in [6, 6.07) is 4.39. The van der Waals surface area contributed by atoms with Crippen LogP contribution in [0.5, 0.6) is 0 Å². The van der Waals surface area contributed by atoms with Crippen LogP contribution in [0.3, 0.4) is 0 Å². The summed E-state index contributed by atoms with van der Waals surface area (Å²) in [4.78, 5) is 5.58. The standard InChI is InChI=1S/C13H17BrN2/c1-4-9-5-11(14)6-12-10(8-16(2)3)7-15-13(9)12/h5-7,15H,4,8H2,1-3H3. The fourth-order valence-corrected chi connectivity index (χ4v) is 2.58. The van der Waals surface area contributed by atoms with Crippen molar-refractivity contribution in [1.29, 1.82) is 0 Å². The zero-order valence-electron chi connectivity index (χ0n) is 9.97. The van der Waals surface area contributed by atoms with Crippen molar-refractivity contribution in [2.45, 2.75) is 19.9 Å². The molecule has 1 aromatic carbocycles. The highest BCUT2D eigenvalue weighted by Crippen LogP contribution is 2.27. The minimum atomic E-state index is 0.972. The van der Waals surface area contributed by atoms with E-state index in [-0.39, 0.29) is 0 Å². The maximum Gasteiger partial charge on any atom is 0.0490 e. The molecule has 1 N–H and O–H groups in total. The molecule has 0 fully saturated rings. The van der Waals surface area contributed by atoms with Crippen LogP contribution in [0, 0.1) is 0 Å². The van der Waals surface area contributed by atoms with Crippen LogP contribution < -0.4 is 0 Å². The van der Waals surface area contributed by atoms with Crippen LogP contribution in [0.25, 0.3) is 10.9 Å². The summed E-state index contributed by atoms with van der Waals surface area (Å²) in [5.41, 5.74) is 4.01. The fraction of sp³-hybridized carbons (Fsp3) is 0.385. The molecular weight excluding hydrogens is 264 g/mol. The first-order chi connectivity index (χ1) is 7.61. The van der Waals surface area contributed by atoms with Crippen LogP contribution in [0.15, 0.2) is 22.8 Å². The predicted molar refractivity (Wildman–Crippen MR) is 72.8 cm³/mol. The average Bonchev–Trinajstić information content (AvgIpc) is 2.59. The summed E-state index contributed by atoms with van der Waals surface area (Å²) < 4.78 is 1.16. The quantitative estimate of drug-likeness (QED) is 0.911. The van der Waals surface area contributed by atoms with E-state index >= 15 is 0 Å². The molecule has 2 aromatic rings. The van der Waals surface area contributed by atoms with Gasteiger partial charge in [-0.1, -0.05) is 22.9 Å². The van der Waals surface area contributed by atoms with Gasteiger partial charge >= 0.3 is 0 Å². The number of aromatic nitrogens is 1. The van der Waals surface area contributed by atoms with Crippen molar-refractivity contribution >= 4 is 26.8 Å². The number of aryl methyl sites for hydroxylation is 1. The summed E-state index contributed by atoms with van der Waals surface area (Å²) in [6.07, 6.45) is 3.17. The minimum absolute atomic E-state index is 0.972. The van der Waals surface area contributed by atoms with E-state index in [0.717, 1.165) is 17.4 Å². The van der Waals surface area contributed by atoms with Gasteiger partial charge in [0.05, 0.1) is 0 Å². The highest BCUT2D eigenvalue weighted by molar-refractivity contribution is 9.10. The normalized spacial score (nSPS) is 11.6. The Balaban J connectivity index is 2.58. The van der Waals surface area contributed by atoms with Crippen molar-refractivity contribution in [1.82, 2.24) is 9.88 Å². The molecule has 0 unspecified atom stereocenters. The van der Waals surface area contributed by atoms with Gasteiger partial charge in [-0.25, -0.2) is 0 Å². The lowest BCUT2D eigenvalue weighted by molar-refractivity contribution is 0.404. The third kappa shape index (κ3) is 2.15. The van der Waals surface area contributed by atoms with E-state index in [2.05, 4.69) is 65.2 Å².